The quantitative estimate of drug-likeness (QED) is 0.237. The van der Waals surface area contributed by atoms with Crippen molar-refractivity contribution in [1.82, 2.24) is 36.6 Å². The fourth-order valence-electron chi connectivity index (χ4n) is 7.84. The normalized spacial score (nSPS) is 39.6. The number of carbonyl (C=O) groups is 1. The molecule has 9 unspecified atom stereocenters. The minimum atomic E-state index is 0.0169. The molecular weight excluding hydrogens is 506 g/mol. The fraction of sp³-hybridized carbons (Fsp3) is 0.700. The number of amides is 1. The molecule has 0 bridgehead atoms. The van der Waals surface area contributed by atoms with Gasteiger partial charge in [0.15, 0.2) is 0 Å². The lowest BCUT2D eigenvalue weighted by Gasteiger charge is -2.51. The van der Waals surface area contributed by atoms with Crippen molar-refractivity contribution >= 4 is 5.91 Å². The Morgan fingerprint density at radius 1 is 1.18 bits per heavy atom. The van der Waals surface area contributed by atoms with Crippen molar-refractivity contribution in [3.8, 4) is 0 Å². The molecule has 0 spiro atoms. The Morgan fingerprint density at radius 3 is 2.85 bits per heavy atom. The summed E-state index contributed by atoms with van der Waals surface area (Å²) in [6, 6.07) is 0.881. The van der Waals surface area contributed by atoms with Crippen molar-refractivity contribution in [2.75, 3.05) is 33.5 Å². The minimum absolute atomic E-state index is 0.0169. The number of rotatable bonds is 7. The highest BCUT2D eigenvalue weighted by Gasteiger charge is 2.47. The topological polar surface area (TPSA) is 102 Å². The van der Waals surface area contributed by atoms with Crippen molar-refractivity contribution in [2.45, 2.75) is 82.1 Å². The molecule has 1 amide bonds. The predicted octanol–water partition coefficient (Wildman–Crippen LogP) is 1.49. The van der Waals surface area contributed by atoms with Crippen molar-refractivity contribution < 1.29 is 14.3 Å². The van der Waals surface area contributed by atoms with Gasteiger partial charge in [-0.25, -0.2) is 5.43 Å². The Balaban J connectivity index is 1.07. The zero-order valence-corrected chi connectivity index (χ0v) is 24.0. The molecule has 4 heterocycles. The lowest BCUT2D eigenvalue weighted by molar-refractivity contribution is -0.125. The van der Waals surface area contributed by atoms with Crippen LogP contribution in [0.2, 0.25) is 0 Å². The lowest BCUT2D eigenvalue weighted by Crippen LogP contribution is -2.69. The van der Waals surface area contributed by atoms with Crippen LogP contribution in [0.3, 0.4) is 0 Å². The number of allylic oxidation sites excluding steroid dienone is 1. The number of nitrogens with zero attached hydrogens (tertiary/aromatic N) is 2. The van der Waals surface area contributed by atoms with Crippen molar-refractivity contribution in [1.29, 1.82) is 0 Å². The van der Waals surface area contributed by atoms with Crippen molar-refractivity contribution in [3.05, 3.63) is 48.4 Å². The van der Waals surface area contributed by atoms with E-state index >= 15 is 0 Å². The smallest absolute Gasteiger partial charge is 0.246 e. The van der Waals surface area contributed by atoms with E-state index in [2.05, 4.69) is 69.6 Å². The second kappa shape index (κ2) is 12.3. The summed E-state index contributed by atoms with van der Waals surface area (Å²) in [5.74, 6) is 2.18. The number of hydrogen-bond acceptors (Lipinski definition) is 9. The van der Waals surface area contributed by atoms with Crippen LogP contribution in [0.15, 0.2) is 48.4 Å². The number of carbonyl (C=O) groups excluding carboxylic acids is 1. The predicted molar refractivity (Wildman–Crippen MR) is 154 cm³/mol. The summed E-state index contributed by atoms with van der Waals surface area (Å²) in [5.41, 5.74) is 4.73. The number of methoxy groups -OCH3 is 1. The minimum Gasteiger partial charge on any atom is -0.490 e. The third-order valence-corrected chi connectivity index (χ3v) is 9.97. The van der Waals surface area contributed by atoms with Crippen LogP contribution < -0.4 is 26.7 Å². The van der Waals surface area contributed by atoms with Crippen LogP contribution in [0.1, 0.15) is 45.4 Å². The van der Waals surface area contributed by atoms with E-state index in [1.807, 2.05) is 12.0 Å². The Hall–Kier alpha value is -2.21. The standard InChI is InChI=1S/C30H47N7O3/c1-4-27(38)36-12-9-20(10-13-36)23-6-7-24-28(29(23)39-3)30(33-17-31-24)35-21-5-8-25(19(2)15-21)40-22-11-14-37-26(16-22)32-18-34-37/h4,9,11,14,16,19,21,23-26,28-35H,1,5-8,10,12-13,15,17-18H2,2-3H3. The molecule has 0 aromatic carbocycles. The second-order valence-corrected chi connectivity index (χ2v) is 12.2. The second-order valence-electron chi connectivity index (χ2n) is 12.2. The Bertz CT molecular complexity index is 1030. The number of hydrazine groups is 1. The molecule has 2 saturated heterocycles. The Morgan fingerprint density at radius 2 is 2.08 bits per heavy atom. The van der Waals surface area contributed by atoms with Gasteiger partial charge in [0, 0.05) is 57.0 Å². The van der Waals surface area contributed by atoms with Gasteiger partial charge in [-0.2, -0.15) is 0 Å². The van der Waals surface area contributed by atoms with Crippen LogP contribution in [0, 0.1) is 17.8 Å². The highest BCUT2D eigenvalue weighted by Crippen LogP contribution is 2.40. The van der Waals surface area contributed by atoms with Crippen LogP contribution in [-0.4, -0.2) is 86.0 Å². The van der Waals surface area contributed by atoms with Gasteiger partial charge in [-0.1, -0.05) is 25.2 Å². The zero-order valence-electron chi connectivity index (χ0n) is 24.0. The molecule has 9 atom stereocenters. The molecule has 2 saturated carbocycles. The van der Waals surface area contributed by atoms with E-state index in [1.54, 1.807) is 0 Å². The van der Waals surface area contributed by atoms with E-state index in [-0.39, 0.29) is 30.4 Å². The molecule has 4 aliphatic heterocycles. The number of fused-ring (bicyclic) bond motifs is 2. The van der Waals surface area contributed by atoms with Crippen LogP contribution in [0.5, 0.6) is 0 Å². The molecule has 10 heteroatoms. The van der Waals surface area contributed by atoms with Crippen molar-refractivity contribution in [2.24, 2.45) is 17.8 Å². The number of ether oxygens (including phenoxy) is 2. The van der Waals surface area contributed by atoms with Crippen LogP contribution in [-0.2, 0) is 14.3 Å². The maximum absolute atomic E-state index is 12.1. The summed E-state index contributed by atoms with van der Waals surface area (Å²) in [7, 11) is 1.87. The molecule has 4 fully saturated rings. The lowest BCUT2D eigenvalue weighted by atomic mass is 9.69. The monoisotopic (exact) mass is 553 g/mol. The van der Waals surface area contributed by atoms with Crippen LogP contribution >= 0.6 is 0 Å². The van der Waals surface area contributed by atoms with Gasteiger partial charge in [0.05, 0.1) is 18.9 Å². The third-order valence-electron chi connectivity index (χ3n) is 9.97. The maximum Gasteiger partial charge on any atom is 0.246 e. The molecule has 220 valence electrons. The first-order valence-corrected chi connectivity index (χ1v) is 15.2. The van der Waals surface area contributed by atoms with Crippen LogP contribution in [0.25, 0.3) is 0 Å². The highest BCUT2D eigenvalue weighted by atomic mass is 16.5. The fourth-order valence-corrected chi connectivity index (χ4v) is 7.84. The van der Waals surface area contributed by atoms with E-state index in [0.29, 0.717) is 36.4 Å². The van der Waals surface area contributed by atoms with Gasteiger partial charge in [-0.15, -0.1) is 0 Å². The van der Waals surface area contributed by atoms with E-state index < -0.39 is 0 Å². The van der Waals surface area contributed by atoms with E-state index in [1.165, 1.54) is 11.6 Å². The first kappa shape index (κ1) is 27.9. The summed E-state index contributed by atoms with van der Waals surface area (Å²) in [5, 5.41) is 17.0. The molecule has 6 rings (SSSR count). The van der Waals surface area contributed by atoms with Crippen molar-refractivity contribution in [3.63, 3.8) is 0 Å². The molecule has 6 aliphatic rings. The van der Waals surface area contributed by atoms with Gasteiger partial charge in [0.2, 0.25) is 5.91 Å². The molecule has 2 aliphatic carbocycles. The van der Waals surface area contributed by atoms with Gasteiger partial charge < -0.3 is 19.7 Å². The first-order valence-electron chi connectivity index (χ1n) is 15.2. The van der Waals surface area contributed by atoms with E-state index in [0.717, 1.165) is 64.2 Å². The maximum atomic E-state index is 12.1. The molecule has 0 aromatic rings. The van der Waals surface area contributed by atoms with Gasteiger partial charge >= 0.3 is 0 Å². The average molecular weight is 554 g/mol. The molecule has 0 aromatic heterocycles. The summed E-state index contributed by atoms with van der Waals surface area (Å²) in [4.78, 5) is 14.0. The SMILES string of the molecule is C=CC(=O)N1CC=C(C2CCC3NCNC(NC4CCC(OC5=CC6NCNN6C=C5)C(C)C4)C3C2OC)CC1. The van der Waals surface area contributed by atoms with E-state index in [9.17, 15) is 4.79 Å². The largest absolute Gasteiger partial charge is 0.490 e. The third kappa shape index (κ3) is 5.75. The van der Waals surface area contributed by atoms with E-state index in [4.69, 9.17) is 9.47 Å². The van der Waals surface area contributed by atoms with Gasteiger partial charge in [-0.05, 0) is 62.7 Å². The summed E-state index contributed by atoms with van der Waals surface area (Å²) >= 11 is 0. The highest BCUT2D eigenvalue weighted by molar-refractivity contribution is 5.87. The Kier molecular flexibility index (Phi) is 8.62. The van der Waals surface area contributed by atoms with Crippen LogP contribution in [0.4, 0.5) is 0 Å². The molecule has 40 heavy (non-hydrogen) atoms. The molecule has 10 nitrogen and oxygen atoms in total. The molecule has 5 N–H and O–H groups in total. The number of hydrogen-bond donors (Lipinski definition) is 5. The summed E-state index contributed by atoms with van der Waals surface area (Å²) in [6.45, 7) is 9.00. The van der Waals surface area contributed by atoms with Gasteiger partial charge in [-0.3, -0.25) is 25.8 Å². The van der Waals surface area contributed by atoms with Gasteiger partial charge in [0.1, 0.15) is 18.0 Å². The molecule has 0 radical (unpaired) electrons. The summed E-state index contributed by atoms with van der Waals surface area (Å²) < 4.78 is 12.8. The zero-order chi connectivity index (χ0) is 27.6. The molecular formula is C30H47N7O3. The Labute approximate surface area is 238 Å². The summed E-state index contributed by atoms with van der Waals surface area (Å²) in [6.07, 6.45) is 17.1. The van der Waals surface area contributed by atoms with Gasteiger partial charge in [0.25, 0.3) is 0 Å². The average Bonchev–Trinajstić information content (AvgIpc) is 3.46. The number of nitrogens with one attached hydrogen (secondary N) is 5. The first-order chi connectivity index (χ1) is 19.5.